The molecule has 1 N–H and O–H groups in total. The quantitative estimate of drug-likeness (QED) is 0.658. The van der Waals surface area contributed by atoms with Gasteiger partial charge in [-0.15, -0.1) is 0 Å². The number of benzene rings is 1. The van der Waals surface area contributed by atoms with Gasteiger partial charge in [0.2, 0.25) is 0 Å². The van der Waals surface area contributed by atoms with Crippen LogP contribution >= 0.6 is 0 Å². The SMILES string of the molecule is CCOc1ccc(-c2cc(=O)n(CC[C@](C)(C(=O)O)S(C)(=O)=O)cc2F)cc1.[Li]. The molecule has 29 heavy (non-hydrogen) atoms. The first-order valence-corrected chi connectivity index (χ1v) is 10.4. The number of hydrogen-bond acceptors (Lipinski definition) is 5. The number of carboxylic acid groups (broad SMARTS) is 1. The first-order chi connectivity index (χ1) is 13.0. The molecular formula is C19H22FLiNO6S. The van der Waals surface area contributed by atoms with E-state index >= 15 is 0 Å². The van der Waals surface area contributed by atoms with Crippen LogP contribution in [0.2, 0.25) is 0 Å². The summed E-state index contributed by atoms with van der Waals surface area (Å²) < 4.78 is 42.4. The van der Waals surface area contributed by atoms with Gasteiger partial charge in [-0.05, 0) is 38.0 Å². The number of halogens is 1. The van der Waals surface area contributed by atoms with Crippen molar-refractivity contribution in [1.82, 2.24) is 4.57 Å². The molecule has 1 radical (unpaired) electrons. The van der Waals surface area contributed by atoms with Crippen LogP contribution in [0, 0.1) is 5.82 Å². The van der Waals surface area contributed by atoms with Crippen molar-refractivity contribution in [1.29, 1.82) is 0 Å². The normalized spacial score (nSPS) is 13.2. The van der Waals surface area contributed by atoms with Crippen molar-refractivity contribution in [3.8, 4) is 16.9 Å². The summed E-state index contributed by atoms with van der Waals surface area (Å²) in [6, 6.07) is 7.67. The zero-order valence-electron chi connectivity index (χ0n) is 16.8. The molecule has 1 aromatic carbocycles. The Morgan fingerprint density at radius 1 is 1.28 bits per heavy atom. The van der Waals surface area contributed by atoms with Crippen LogP contribution in [0.4, 0.5) is 4.39 Å². The maximum absolute atomic E-state index is 14.6. The van der Waals surface area contributed by atoms with Gasteiger partial charge in [-0.2, -0.15) is 0 Å². The van der Waals surface area contributed by atoms with Crippen molar-refractivity contribution in [2.75, 3.05) is 12.9 Å². The van der Waals surface area contributed by atoms with Gasteiger partial charge in [0.05, 0.1) is 6.61 Å². The summed E-state index contributed by atoms with van der Waals surface area (Å²) in [4.78, 5) is 23.7. The van der Waals surface area contributed by atoms with E-state index in [-0.39, 0.29) is 37.4 Å². The number of pyridine rings is 1. The molecule has 0 amide bonds. The van der Waals surface area contributed by atoms with Gasteiger partial charge in [-0.3, -0.25) is 9.59 Å². The van der Waals surface area contributed by atoms with Crippen LogP contribution in [-0.4, -0.2) is 60.5 Å². The van der Waals surface area contributed by atoms with Crippen LogP contribution in [0.5, 0.6) is 5.75 Å². The monoisotopic (exact) mass is 418 g/mol. The number of aromatic nitrogens is 1. The Labute approximate surface area is 180 Å². The van der Waals surface area contributed by atoms with E-state index < -0.39 is 31.9 Å². The first kappa shape index (κ1) is 25.0. The van der Waals surface area contributed by atoms with Crippen LogP contribution in [0.15, 0.2) is 41.3 Å². The predicted octanol–water partition coefficient (Wildman–Crippen LogP) is 1.95. The number of aliphatic carboxylic acids is 1. The molecule has 0 fully saturated rings. The Kier molecular flexibility index (Phi) is 8.27. The number of ether oxygens (including phenoxy) is 1. The van der Waals surface area contributed by atoms with E-state index in [1.54, 1.807) is 24.3 Å². The summed E-state index contributed by atoms with van der Waals surface area (Å²) in [5.41, 5.74) is 0.0108. The van der Waals surface area contributed by atoms with Gasteiger partial charge in [-0.1, -0.05) is 12.1 Å². The van der Waals surface area contributed by atoms with E-state index in [0.717, 1.165) is 30.0 Å². The zero-order valence-corrected chi connectivity index (χ0v) is 17.6. The molecular weight excluding hydrogens is 396 g/mol. The average Bonchev–Trinajstić information content (AvgIpc) is 2.61. The molecule has 0 saturated carbocycles. The molecule has 0 aliphatic heterocycles. The molecule has 1 heterocycles. The smallest absolute Gasteiger partial charge is 0.324 e. The second kappa shape index (κ2) is 9.61. The fourth-order valence-corrected chi connectivity index (χ4v) is 3.40. The molecule has 2 rings (SSSR count). The summed E-state index contributed by atoms with van der Waals surface area (Å²) in [6.07, 6.45) is 1.40. The van der Waals surface area contributed by atoms with Gasteiger partial charge in [0, 0.05) is 49.5 Å². The van der Waals surface area contributed by atoms with Gasteiger partial charge < -0.3 is 14.4 Å². The van der Waals surface area contributed by atoms with Crippen molar-refractivity contribution in [2.45, 2.75) is 31.6 Å². The Hall–Kier alpha value is -2.08. The fourth-order valence-electron chi connectivity index (χ4n) is 2.62. The van der Waals surface area contributed by atoms with Crippen molar-refractivity contribution in [2.24, 2.45) is 0 Å². The van der Waals surface area contributed by atoms with Crippen molar-refractivity contribution >= 4 is 34.7 Å². The minimum atomic E-state index is -3.94. The molecule has 0 spiro atoms. The summed E-state index contributed by atoms with van der Waals surface area (Å²) in [7, 11) is -3.94. The summed E-state index contributed by atoms with van der Waals surface area (Å²) >= 11 is 0. The molecule has 0 unspecified atom stereocenters. The third-order valence-electron chi connectivity index (χ3n) is 4.65. The predicted molar refractivity (Wildman–Crippen MR) is 109 cm³/mol. The van der Waals surface area contributed by atoms with Crippen molar-refractivity contribution in [3.63, 3.8) is 0 Å². The number of nitrogens with zero attached hydrogens (tertiary/aromatic N) is 1. The van der Waals surface area contributed by atoms with Gasteiger partial charge in [-0.25, -0.2) is 12.8 Å². The molecule has 0 saturated heterocycles. The largest absolute Gasteiger partial charge is 0.494 e. The molecule has 1 aromatic heterocycles. The van der Waals surface area contributed by atoms with Gasteiger partial charge >= 0.3 is 5.97 Å². The molecule has 2 aromatic rings. The van der Waals surface area contributed by atoms with E-state index in [0.29, 0.717) is 17.9 Å². The van der Waals surface area contributed by atoms with Crippen molar-refractivity contribution in [3.05, 3.63) is 52.7 Å². The number of carbonyl (C=O) groups is 1. The molecule has 10 heteroatoms. The van der Waals surface area contributed by atoms with Gasteiger partial charge in [0.25, 0.3) is 5.56 Å². The Morgan fingerprint density at radius 3 is 2.34 bits per heavy atom. The van der Waals surface area contributed by atoms with Crippen LogP contribution in [-0.2, 0) is 21.2 Å². The van der Waals surface area contributed by atoms with Crippen LogP contribution in [0.25, 0.3) is 11.1 Å². The molecule has 0 aliphatic rings. The first-order valence-electron chi connectivity index (χ1n) is 8.56. The molecule has 153 valence electrons. The topological polar surface area (TPSA) is 103 Å². The Morgan fingerprint density at radius 2 is 1.86 bits per heavy atom. The average molecular weight is 418 g/mol. The number of hydrogen-bond donors (Lipinski definition) is 1. The minimum Gasteiger partial charge on any atom is -0.494 e. The van der Waals surface area contributed by atoms with E-state index in [4.69, 9.17) is 4.74 Å². The number of rotatable bonds is 8. The summed E-state index contributed by atoms with van der Waals surface area (Å²) in [6.45, 7) is 3.15. The number of carboxylic acids is 1. The maximum atomic E-state index is 14.6. The van der Waals surface area contributed by atoms with E-state index in [1.165, 1.54) is 0 Å². The van der Waals surface area contributed by atoms with E-state index in [2.05, 4.69) is 0 Å². The second-order valence-electron chi connectivity index (χ2n) is 6.58. The molecule has 0 bridgehead atoms. The zero-order chi connectivity index (χ0) is 21.1. The maximum Gasteiger partial charge on any atom is 0.324 e. The third-order valence-corrected chi connectivity index (χ3v) is 6.67. The molecule has 0 aliphatic carbocycles. The van der Waals surface area contributed by atoms with Gasteiger partial charge in [0.15, 0.2) is 14.6 Å². The summed E-state index contributed by atoms with van der Waals surface area (Å²) in [5, 5.41) is 9.27. The van der Waals surface area contributed by atoms with E-state index in [9.17, 15) is 27.5 Å². The van der Waals surface area contributed by atoms with Gasteiger partial charge in [0.1, 0.15) is 11.6 Å². The van der Waals surface area contributed by atoms with Crippen molar-refractivity contribution < 1.29 is 27.4 Å². The second-order valence-corrected chi connectivity index (χ2v) is 9.03. The van der Waals surface area contributed by atoms with Crippen LogP contribution in [0.1, 0.15) is 20.3 Å². The minimum absolute atomic E-state index is 0. The number of aryl methyl sites for hydroxylation is 1. The fraction of sp³-hybridized carbons (Fsp3) is 0.368. The summed E-state index contributed by atoms with van der Waals surface area (Å²) in [5.74, 6) is -1.58. The number of sulfone groups is 1. The molecule has 1 atom stereocenters. The Balaban J connectivity index is 0.00000420. The standard InChI is InChI=1S/C19H22FNO6S.Li/c1-4-27-14-7-5-13(6-8-14)15-11-17(22)21(12-16(15)20)10-9-19(2,18(23)24)28(3,25)26;/h5-8,11-12H,4,9-10H2,1-3H3,(H,23,24);/t19-;/m1./s1. The van der Waals surface area contributed by atoms with E-state index in [1.807, 2.05) is 6.92 Å². The van der Waals surface area contributed by atoms with Crippen LogP contribution in [0.3, 0.4) is 0 Å². The molecule has 7 nitrogen and oxygen atoms in total. The van der Waals surface area contributed by atoms with Crippen LogP contribution < -0.4 is 10.3 Å². The third kappa shape index (κ3) is 5.50. The Bertz CT molecular complexity index is 1040.